The van der Waals surface area contributed by atoms with E-state index in [0.717, 1.165) is 17.8 Å². The summed E-state index contributed by atoms with van der Waals surface area (Å²) in [6.45, 7) is 5.45. The molecule has 2 heterocycles. The molecule has 7 nitrogen and oxygen atoms in total. The van der Waals surface area contributed by atoms with Gasteiger partial charge in [-0.3, -0.25) is 5.32 Å². The Kier molecular flexibility index (Phi) is 5.15. The van der Waals surface area contributed by atoms with E-state index in [1.807, 2.05) is 0 Å². The Morgan fingerprint density at radius 1 is 1.45 bits per heavy atom. The molecule has 0 aliphatic carbocycles. The molecule has 1 atom stereocenters. The van der Waals surface area contributed by atoms with Crippen molar-refractivity contribution in [3.63, 3.8) is 0 Å². The number of carbonyl (C=O) groups excluding carboxylic acids is 1. The number of hydrogen-bond acceptors (Lipinski definition) is 6. The summed E-state index contributed by atoms with van der Waals surface area (Å²) < 4.78 is 5.39. The van der Waals surface area contributed by atoms with Crippen molar-refractivity contribution in [1.82, 2.24) is 15.5 Å². The van der Waals surface area contributed by atoms with Crippen molar-refractivity contribution in [3.05, 3.63) is 28.7 Å². The Balaban J connectivity index is 1.86. The van der Waals surface area contributed by atoms with Crippen LogP contribution in [0.25, 0.3) is 0 Å². The Bertz CT molecular complexity index is 636. The average molecular weight is 324 g/mol. The van der Waals surface area contributed by atoms with Gasteiger partial charge in [0, 0.05) is 6.42 Å². The van der Waals surface area contributed by atoms with Gasteiger partial charge in [0.05, 0.1) is 6.54 Å². The fourth-order valence-electron chi connectivity index (χ4n) is 1.82. The normalized spacial score (nSPS) is 13.6. The molecule has 0 radical (unpaired) electrons. The molecule has 2 aromatic rings. The van der Waals surface area contributed by atoms with Crippen LogP contribution in [0.15, 0.2) is 16.5 Å². The lowest BCUT2D eigenvalue weighted by molar-refractivity contribution is 0.0364. The lowest BCUT2D eigenvalue weighted by atomic mass is 10.0. The van der Waals surface area contributed by atoms with Gasteiger partial charge in [-0.05, 0) is 32.4 Å². The van der Waals surface area contributed by atoms with Gasteiger partial charge < -0.3 is 14.8 Å². The number of carbonyl (C=O) groups is 1. The van der Waals surface area contributed by atoms with Crippen LogP contribution < -0.4 is 10.6 Å². The highest BCUT2D eigenvalue weighted by molar-refractivity contribution is 7.15. The minimum Gasteiger partial charge on any atom is -0.463 e. The van der Waals surface area contributed by atoms with E-state index in [1.54, 1.807) is 26.0 Å². The average Bonchev–Trinajstić information content (AvgIpc) is 3.07. The second-order valence-corrected chi connectivity index (χ2v) is 6.30. The third-order valence-electron chi connectivity index (χ3n) is 3.02. The van der Waals surface area contributed by atoms with Crippen molar-refractivity contribution >= 4 is 22.5 Å². The zero-order valence-corrected chi connectivity index (χ0v) is 13.7. The van der Waals surface area contributed by atoms with Crippen molar-refractivity contribution in [2.24, 2.45) is 0 Å². The van der Waals surface area contributed by atoms with Crippen LogP contribution in [-0.2, 0) is 12.0 Å². The number of urea groups is 1. The van der Waals surface area contributed by atoms with Gasteiger partial charge in [-0.2, -0.15) is 0 Å². The van der Waals surface area contributed by atoms with Gasteiger partial charge in [0.25, 0.3) is 0 Å². The Morgan fingerprint density at radius 2 is 2.23 bits per heavy atom. The highest BCUT2D eigenvalue weighted by Crippen LogP contribution is 2.22. The van der Waals surface area contributed by atoms with Crippen molar-refractivity contribution in [2.75, 3.05) is 11.9 Å². The number of aryl methyl sites for hydroxylation is 2. The van der Waals surface area contributed by atoms with E-state index in [4.69, 9.17) is 4.42 Å². The molecule has 0 saturated heterocycles. The Morgan fingerprint density at radius 3 is 2.86 bits per heavy atom. The summed E-state index contributed by atoms with van der Waals surface area (Å²) in [6.07, 6.45) is 1.82. The minimum absolute atomic E-state index is 0.0202. The van der Waals surface area contributed by atoms with E-state index < -0.39 is 11.6 Å². The zero-order valence-electron chi connectivity index (χ0n) is 12.8. The topological polar surface area (TPSA) is 100 Å². The maximum Gasteiger partial charge on any atom is 0.321 e. The lowest BCUT2D eigenvalue weighted by Crippen LogP contribution is -2.40. The van der Waals surface area contributed by atoms with Crippen LogP contribution in [0.3, 0.4) is 0 Å². The van der Waals surface area contributed by atoms with Gasteiger partial charge in [0.15, 0.2) is 0 Å². The molecule has 120 valence electrons. The second-order valence-electron chi connectivity index (χ2n) is 5.24. The maximum absolute atomic E-state index is 11.8. The number of hydrogen-bond donors (Lipinski definition) is 3. The predicted molar refractivity (Wildman–Crippen MR) is 83.9 cm³/mol. The summed E-state index contributed by atoms with van der Waals surface area (Å²) in [5, 5.41) is 24.7. The molecule has 2 rings (SSSR count). The molecule has 22 heavy (non-hydrogen) atoms. The summed E-state index contributed by atoms with van der Waals surface area (Å²) in [7, 11) is 0. The Labute approximate surface area is 132 Å². The van der Waals surface area contributed by atoms with Gasteiger partial charge in [0.2, 0.25) is 5.13 Å². The molecular weight excluding hydrogens is 304 g/mol. The minimum atomic E-state index is -1.28. The monoisotopic (exact) mass is 324 g/mol. The van der Waals surface area contributed by atoms with E-state index in [0.29, 0.717) is 16.7 Å². The summed E-state index contributed by atoms with van der Waals surface area (Å²) >= 11 is 1.34. The van der Waals surface area contributed by atoms with Gasteiger partial charge in [0.1, 0.15) is 22.1 Å². The number of furan rings is 1. The summed E-state index contributed by atoms with van der Waals surface area (Å²) in [6, 6.07) is 3.01. The molecule has 8 heteroatoms. The number of nitrogens with zero attached hydrogens (tertiary/aromatic N) is 2. The van der Waals surface area contributed by atoms with Crippen molar-refractivity contribution in [1.29, 1.82) is 0 Å². The van der Waals surface area contributed by atoms with Crippen LogP contribution in [0.2, 0.25) is 0 Å². The van der Waals surface area contributed by atoms with Crippen LogP contribution in [-0.4, -0.2) is 27.9 Å². The van der Waals surface area contributed by atoms with Gasteiger partial charge in [-0.1, -0.05) is 18.3 Å². The van der Waals surface area contributed by atoms with Crippen molar-refractivity contribution in [2.45, 2.75) is 39.2 Å². The first-order valence-electron chi connectivity index (χ1n) is 7.07. The third kappa shape index (κ3) is 4.28. The van der Waals surface area contributed by atoms with Crippen LogP contribution in [0.1, 0.15) is 36.8 Å². The molecule has 0 fully saturated rings. The predicted octanol–water partition coefficient (Wildman–Crippen LogP) is 2.42. The molecule has 0 bridgehead atoms. The van der Waals surface area contributed by atoms with E-state index in [1.165, 1.54) is 11.3 Å². The van der Waals surface area contributed by atoms with Crippen LogP contribution >= 0.6 is 11.3 Å². The molecular formula is C14H20N4O3S. The highest BCUT2D eigenvalue weighted by Gasteiger charge is 2.27. The first kappa shape index (κ1) is 16.4. The van der Waals surface area contributed by atoms with Crippen LogP contribution in [0.5, 0.6) is 0 Å². The standard InChI is InChI=1S/C14H20N4O3S/c1-4-5-11-17-18-13(22-11)16-12(19)15-8-14(3,20)10-7-6-9(2)21-10/h6-7,20H,4-5,8H2,1-3H3,(H2,15,16,18,19)/t14-/m1/s1. The van der Waals surface area contributed by atoms with E-state index in [-0.39, 0.29) is 6.54 Å². The molecule has 0 saturated carbocycles. The molecule has 0 spiro atoms. The maximum atomic E-state index is 11.8. The number of rotatable bonds is 6. The fraction of sp³-hybridized carbons (Fsp3) is 0.500. The van der Waals surface area contributed by atoms with Crippen LogP contribution in [0.4, 0.5) is 9.93 Å². The number of amides is 2. The van der Waals surface area contributed by atoms with Gasteiger partial charge in [-0.25, -0.2) is 4.79 Å². The first-order valence-corrected chi connectivity index (χ1v) is 7.89. The van der Waals surface area contributed by atoms with Gasteiger partial charge >= 0.3 is 6.03 Å². The summed E-state index contributed by atoms with van der Waals surface area (Å²) in [5.41, 5.74) is -1.28. The zero-order chi connectivity index (χ0) is 16.2. The van der Waals surface area contributed by atoms with E-state index >= 15 is 0 Å². The molecule has 2 aromatic heterocycles. The third-order valence-corrected chi connectivity index (χ3v) is 3.91. The SMILES string of the molecule is CCCc1nnc(NC(=O)NC[C@@](C)(O)c2ccc(C)o2)s1. The smallest absolute Gasteiger partial charge is 0.321 e. The molecule has 0 unspecified atom stereocenters. The largest absolute Gasteiger partial charge is 0.463 e. The molecule has 2 amide bonds. The highest BCUT2D eigenvalue weighted by atomic mass is 32.1. The Hall–Kier alpha value is -1.93. The fourth-order valence-corrected chi connectivity index (χ4v) is 2.66. The molecule has 3 N–H and O–H groups in total. The molecule has 0 aliphatic rings. The van der Waals surface area contributed by atoms with Crippen molar-refractivity contribution in [3.8, 4) is 0 Å². The lowest BCUT2D eigenvalue weighted by Gasteiger charge is -2.21. The number of anilines is 1. The van der Waals surface area contributed by atoms with E-state index in [9.17, 15) is 9.90 Å². The summed E-state index contributed by atoms with van der Waals surface area (Å²) in [5.74, 6) is 1.11. The quantitative estimate of drug-likeness (QED) is 0.757. The molecule has 0 aliphatic heterocycles. The van der Waals surface area contributed by atoms with Crippen molar-refractivity contribution < 1.29 is 14.3 Å². The summed E-state index contributed by atoms with van der Waals surface area (Å²) in [4.78, 5) is 11.8. The number of nitrogens with one attached hydrogen (secondary N) is 2. The molecule has 0 aromatic carbocycles. The van der Waals surface area contributed by atoms with E-state index in [2.05, 4.69) is 27.8 Å². The first-order chi connectivity index (χ1) is 10.4. The number of aromatic nitrogens is 2. The van der Waals surface area contributed by atoms with Crippen LogP contribution in [0, 0.1) is 6.92 Å². The van der Waals surface area contributed by atoms with Gasteiger partial charge in [-0.15, -0.1) is 10.2 Å². The second kappa shape index (κ2) is 6.89. The number of aliphatic hydroxyl groups is 1.